The van der Waals surface area contributed by atoms with Crippen molar-refractivity contribution in [2.45, 2.75) is 25.4 Å². The van der Waals surface area contributed by atoms with E-state index in [9.17, 15) is 9.90 Å². The average Bonchev–Trinajstić information content (AvgIpc) is 2.48. The maximum Gasteiger partial charge on any atom is 0.302 e. The number of aliphatic hydroxyl groups is 1. The van der Waals surface area contributed by atoms with Crippen LogP contribution in [0.4, 0.5) is 0 Å². The summed E-state index contributed by atoms with van der Waals surface area (Å²) < 4.78 is 21.1. The summed E-state index contributed by atoms with van der Waals surface area (Å²) in [4.78, 5) is 10.8. The molecule has 0 fully saturated rings. The summed E-state index contributed by atoms with van der Waals surface area (Å²) in [5.41, 5.74) is 0. The fourth-order valence-corrected chi connectivity index (χ4v) is 1.81. The summed E-state index contributed by atoms with van der Waals surface area (Å²) in [5, 5.41) is 9.86. The first-order valence-electron chi connectivity index (χ1n) is 6.54. The Balaban J connectivity index is 1.94. The molecule has 1 aromatic rings. The number of hydrogen-bond donors (Lipinski definition) is 1. The van der Waals surface area contributed by atoms with Gasteiger partial charge in [0.2, 0.25) is 6.29 Å². The summed E-state index contributed by atoms with van der Waals surface area (Å²) in [5.74, 6) is 0.868. The van der Waals surface area contributed by atoms with Gasteiger partial charge in [0.15, 0.2) is 0 Å². The Kier molecular flexibility index (Phi) is 5.19. The van der Waals surface area contributed by atoms with Crippen LogP contribution in [0.1, 0.15) is 6.92 Å². The van der Waals surface area contributed by atoms with Gasteiger partial charge in [0.25, 0.3) is 0 Å². The van der Waals surface area contributed by atoms with Crippen molar-refractivity contribution in [3.63, 3.8) is 0 Å². The van der Waals surface area contributed by atoms with E-state index in [0.29, 0.717) is 11.5 Å². The van der Waals surface area contributed by atoms with Crippen molar-refractivity contribution in [1.29, 1.82) is 0 Å². The number of benzene rings is 1. The highest BCUT2D eigenvalue weighted by atomic mass is 16.7. The van der Waals surface area contributed by atoms with Crippen molar-refractivity contribution < 1.29 is 28.8 Å². The van der Waals surface area contributed by atoms with Crippen molar-refractivity contribution in [3.8, 4) is 11.5 Å². The molecule has 1 aliphatic heterocycles. The SMILES string of the molecule is COc1ccc(O[C@H]2O[C@H](COC(C)=O)C=C[C@H]2O)cc1. The number of carbonyl (C=O) groups excluding carboxylic acids is 1. The van der Waals surface area contributed by atoms with E-state index in [2.05, 4.69) is 0 Å². The lowest BCUT2D eigenvalue weighted by Crippen LogP contribution is -2.41. The highest BCUT2D eigenvalue weighted by Crippen LogP contribution is 2.22. The van der Waals surface area contributed by atoms with Crippen molar-refractivity contribution in [3.05, 3.63) is 36.4 Å². The molecular formula is C15H18O6. The Bertz CT molecular complexity index is 495. The van der Waals surface area contributed by atoms with Gasteiger partial charge in [-0.05, 0) is 24.3 Å². The second-order valence-electron chi connectivity index (χ2n) is 4.51. The molecule has 3 atom stereocenters. The number of hydrogen-bond acceptors (Lipinski definition) is 6. The van der Waals surface area contributed by atoms with Gasteiger partial charge in [-0.3, -0.25) is 4.79 Å². The van der Waals surface area contributed by atoms with E-state index in [1.54, 1.807) is 43.5 Å². The zero-order chi connectivity index (χ0) is 15.2. The molecule has 0 aromatic heterocycles. The molecule has 114 valence electrons. The molecule has 21 heavy (non-hydrogen) atoms. The van der Waals surface area contributed by atoms with Gasteiger partial charge in [-0.2, -0.15) is 0 Å². The van der Waals surface area contributed by atoms with Crippen LogP contribution in [0.3, 0.4) is 0 Å². The largest absolute Gasteiger partial charge is 0.497 e. The molecule has 1 aromatic carbocycles. The monoisotopic (exact) mass is 294 g/mol. The normalized spacial score (nSPS) is 24.4. The van der Waals surface area contributed by atoms with Crippen LogP contribution >= 0.6 is 0 Å². The molecule has 6 nitrogen and oxygen atoms in total. The molecule has 1 aliphatic rings. The Labute approximate surface area is 122 Å². The van der Waals surface area contributed by atoms with Gasteiger partial charge in [0.1, 0.15) is 30.3 Å². The van der Waals surface area contributed by atoms with Crippen LogP contribution in [-0.4, -0.2) is 43.3 Å². The zero-order valence-electron chi connectivity index (χ0n) is 11.9. The van der Waals surface area contributed by atoms with Crippen LogP contribution in [0.15, 0.2) is 36.4 Å². The Morgan fingerprint density at radius 1 is 1.24 bits per heavy atom. The third-order valence-corrected chi connectivity index (χ3v) is 2.87. The van der Waals surface area contributed by atoms with Crippen molar-refractivity contribution >= 4 is 5.97 Å². The predicted molar refractivity (Wildman–Crippen MR) is 74.1 cm³/mol. The van der Waals surface area contributed by atoms with E-state index in [0.717, 1.165) is 0 Å². The van der Waals surface area contributed by atoms with Crippen molar-refractivity contribution in [2.75, 3.05) is 13.7 Å². The fourth-order valence-electron chi connectivity index (χ4n) is 1.81. The second-order valence-corrected chi connectivity index (χ2v) is 4.51. The lowest BCUT2D eigenvalue weighted by Gasteiger charge is -2.29. The third kappa shape index (κ3) is 4.47. The van der Waals surface area contributed by atoms with Crippen LogP contribution < -0.4 is 9.47 Å². The summed E-state index contributed by atoms with van der Waals surface area (Å²) in [7, 11) is 1.58. The topological polar surface area (TPSA) is 74.2 Å². The maximum atomic E-state index is 10.8. The summed E-state index contributed by atoms with van der Waals surface area (Å²) in [6.07, 6.45) is 1.01. The fraction of sp³-hybridized carbons (Fsp3) is 0.400. The molecule has 0 spiro atoms. The molecule has 0 aliphatic carbocycles. The Morgan fingerprint density at radius 3 is 2.52 bits per heavy atom. The highest BCUT2D eigenvalue weighted by molar-refractivity contribution is 5.65. The maximum absolute atomic E-state index is 10.8. The Morgan fingerprint density at radius 2 is 1.90 bits per heavy atom. The molecule has 0 saturated carbocycles. The minimum Gasteiger partial charge on any atom is -0.497 e. The van der Waals surface area contributed by atoms with E-state index in [1.807, 2.05) is 0 Å². The molecule has 0 amide bonds. The standard InChI is InChI=1S/C15H18O6/c1-10(16)19-9-13-7-8-14(17)15(21-13)20-12-5-3-11(18-2)4-6-12/h3-8,13-15,17H,9H2,1-2H3/t13-,14+,15-/m0/s1. The van der Waals surface area contributed by atoms with E-state index in [-0.39, 0.29) is 12.6 Å². The number of ether oxygens (including phenoxy) is 4. The number of methoxy groups -OCH3 is 1. The molecular weight excluding hydrogens is 276 g/mol. The quantitative estimate of drug-likeness (QED) is 0.651. The third-order valence-electron chi connectivity index (χ3n) is 2.87. The lowest BCUT2D eigenvalue weighted by molar-refractivity contribution is -0.174. The Hall–Kier alpha value is -2.05. The average molecular weight is 294 g/mol. The van der Waals surface area contributed by atoms with Gasteiger partial charge in [-0.1, -0.05) is 12.2 Å². The predicted octanol–water partition coefficient (Wildman–Crippen LogP) is 1.28. The minimum absolute atomic E-state index is 0.0844. The summed E-state index contributed by atoms with van der Waals surface area (Å²) in [6, 6.07) is 6.93. The van der Waals surface area contributed by atoms with Gasteiger partial charge in [-0.15, -0.1) is 0 Å². The smallest absolute Gasteiger partial charge is 0.302 e. The second kappa shape index (κ2) is 7.10. The number of aliphatic hydroxyl groups excluding tert-OH is 1. The van der Waals surface area contributed by atoms with Crippen molar-refractivity contribution in [2.24, 2.45) is 0 Å². The van der Waals surface area contributed by atoms with Crippen molar-refractivity contribution in [1.82, 2.24) is 0 Å². The molecule has 0 bridgehead atoms. The van der Waals surface area contributed by atoms with Crippen LogP contribution in [0.2, 0.25) is 0 Å². The lowest BCUT2D eigenvalue weighted by atomic mass is 10.2. The molecule has 0 radical (unpaired) electrons. The van der Waals surface area contributed by atoms with Gasteiger partial charge in [-0.25, -0.2) is 0 Å². The van der Waals surface area contributed by atoms with Gasteiger partial charge in [0.05, 0.1) is 7.11 Å². The molecule has 1 heterocycles. The van der Waals surface area contributed by atoms with E-state index in [1.165, 1.54) is 6.92 Å². The molecule has 6 heteroatoms. The summed E-state index contributed by atoms with van der Waals surface area (Å²) in [6.45, 7) is 1.41. The molecule has 0 unspecified atom stereocenters. The van der Waals surface area contributed by atoms with Crippen LogP contribution in [0.25, 0.3) is 0 Å². The van der Waals surface area contributed by atoms with E-state index >= 15 is 0 Å². The molecule has 1 N–H and O–H groups in total. The van der Waals surface area contributed by atoms with Gasteiger partial charge in [0, 0.05) is 6.92 Å². The minimum atomic E-state index is -0.888. The molecule has 2 rings (SSSR count). The first kappa shape index (κ1) is 15.3. The summed E-state index contributed by atoms with van der Waals surface area (Å²) >= 11 is 0. The first-order valence-corrected chi connectivity index (χ1v) is 6.54. The molecule has 0 saturated heterocycles. The van der Waals surface area contributed by atoms with E-state index < -0.39 is 18.5 Å². The number of esters is 1. The number of carbonyl (C=O) groups is 1. The first-order chi connectivity index (χ1) is 10.1. The van der Waals surface area contributed by atoms with Crippen LogP contribution in [0.5, 0.6) is 11.5 Å². The number of rotatable bonds is 5. The zero-order valence-corrected chi connectivity index (χ0v) is 11.9. The van der Waals surface area contributed by atoms with Gasteiger partial charge >= 0.3 is 5.97 Å². The van der Waals surface area contributed by atoms with Crippen LogP contribution in [0, 0.1) is 0 Å². The van der Waals surface area contributed by atoms with E-state index in [4.69, 9.17) is 18.9 Å². The highest BCUT2D eigenvalue weighted by Gasteiger charge is 2.28. The van der Waals surface area contributed by atoms with Crippen LogP contribution in [-0.2, 0) is 14.3 Å². The van der Waals surface area contributed by atoms with Gasteiger partial charge < -0.3 is 24.1 Å².